The molecule has 2 aromatic carbocycles. The minimum Gasteiger partial charge on any atom is -0.504 e. The number of aromatic nitrogens is 3. The molecule has 0 fully saturated rings. The molecule has 2 heterocycles. The van der Waals surface area contributed by atoms with Gasteiger partial charge >= 0.3 is 0 Å². The zero-order valence-corrected chi connectivity index (χ0v) is 25.2. The van der Waals surface area contributed by atoms with Gasteiger partial charge in [0.05, 0.1) is 17.6 Å². The van der Waals surface area contributed by atoms with E-state index in [1.807, 2.05) is 46.8 Å². The van der Waals surface area contributed by atoms with Gasteiger partial charge in [-0.25, -0.2) is 9.97 Å². The predicted molar refractivity (Wildman–Crippen MR) is 164 cm³/mol. The lowest BCUT2D eigenvalue weighted by atomic mass is 9.69. The number of unbranched alkanes of at least 4 members (excludes halogenated alkanes) is 1. The second kappa shape index (κ2) is 12.1. The predicted octanol–water partition coefficient (Wildman–Crippen LogP) is 6.58. The van der Waals surface area contributed by atoms with Gasteiger partial charge in [0, 0.05) is 34.7 Å². The smallest absolute Gasteiger partial charge is 0.220 e. The Morgan fingerprint density at radius 1 is 1.05 bits per heavy atom. The van der Waals surface area contributed by atoms with E-state index in [2.05, 4.69) is 36.7 Å². The molecule has 5 N–H and O–H groups in total. The van der Waals surface area contributed by atoms with E-state index in [1.165, 1.54) is 6.07 Å². The van der Waals surface area contributed by atoms with Gasteiger partial charge < -0.3 is 25.8 Å². The van der Waals surface area contributed by atoms with Crippen molar-refractivity contribution in [1.29, 1.82) is 0 Å². The summed E-state index contributed by atoms with van der Waals surface area (Å²) in [5.74, 6) is 0.919. The van der Waals surface area contributed by atoms with Gasteiger partial charge in [-0.3, -0.25) is 4.79 Å². The van der Waals surface area contributed by atoms with E-state index in [4.69, 9.17) is 15.7 Å². The number of carbonyl (C=O) groups is 1. The first-order valence-electron chi connectivity index (χ1n) is 14.3. The number of anilines is 1. The number of aromatic hydroxyl groups is 2. The summed E-state index contributed by atoms with van der Waals surface area (Å²) in [6.07, 6.45) is 3.14. The molecule has 0 aliphatic rings. The molecule has 8 nitrogen and oxygen atoms in total. The molecule has 0 saturated carbocycles. The van der Waals surface area contributed by atoms with Gasteiger partial charge in [0.1, 0.15) is 11.3 Å². The van der Waals surface area contributed by atoms with Crippen LogP contribution in [0.1, 0.15) is 91.6 Å². The fraction of sp³-hybridized carbons (Fsp3) is 0.469. The molecular formula is C32H45N5O3. The Morgan fingerprint density at radius 2 is 1.75 bits per heavy atom. The van der Waals surface area contributed by atoms with Crippen molar-refractivity contribution in [2.24, 2.45) is 0 Å². The summed E-state index contributed by atoms with van der Waals surface area (Å²) in [5, 5.41) is 24.7. The summed E-state index contributed by atoms with van der Waals surface area (Å²) in [7, 11) is 0. The molecule has 0 spiro atoms. The van der Waals surface area contributed by atoms with E-state index in [-0.39, 0.29) is 17.4 Å². The topological polar surface area (TPSA) is 126 Å². The zero-order chi connectivity index (χ0) is 29.8. The number of amides is 1. The summed E-state index contributed by atoms with van der Waals surface area (Å²) in [6.45, 7) is 16.6. The lowest BCUT2D eigenvalue weighted by molar-refractivity contribution is -0.123. The number of fused-ring (bicyclic) bond motifs is 3. The molecule has 0 aliphatic carbocycles. The molecule has 0 aliphatic heterocycles. The van der Waals surface area contributed by atoms with E-state index in [9.17, 15) is 15.0 Å². The number of imidazole rings is 1. The Morgan fingerprint density at radius 3 is 2.40 bits per heavy atom. The highest BCUT2D eigenvalue weighted by Crippen LogP contribution is 2.38. The number of nitrogens with zero attached hydrogens (tertiary/aromatic N) is 3. The highest BCUT2D eigenvalue weighted by Gasteiger charge is 2.39. The summed E-state index contributed by atoms with van der Waals surface area (Å²) in [6, 6.07) is 11.1. The Labute approximate surface area is 237 Å². The number of hydrogen-bond donors (Lipinski definition) is 4. The first-order valence-corrected chi connectivity index (χ1v) is 14.3. The number of phenols is 2. The number of carbonyl (C=O) groups excluding carboxylic acids is 1. The number of pyridine rings is 1. The Balaban J connectivity index is 0.00000216. The Hall–Kier alpha value is -3.81. The number of hydrogen-bond acceptors (Lipinski definition) is 6. The Kier molecular flexibility index (Phi) is 9.33. The van der Waals surface area contributed by atoms with E-state index in [0.717, 1.165) is 47.1 Å². The van der Waals surface area contributed by atoms with Crippen molar-refractivity contribution >= 4 is 33.7 Å². The molecule has 4 rings (SSSR count). The van der Waals surface area contributed by atoms with Crippen LogP contribution in [0.5, 0.6) is 11.5 Å². The van der Waals surface area contributed by atoms with Crippen LogP contribution in [0, 0.1) is 0 Å². The standard InChI is InChI=1S/C30H39N5O3.C2H6/c1-7-9-13-23-33-25-26(35(23)17-18-11-10-12-22(36)27(18)38)20-15-14-19(16-21(20)32-28(25)31)29(3,4)30(5,6)34-24(37)8-2;1-2/h10-12,14-16,36,38H,7-9,13,17H2,1-6H3,(H2,31,32)(H,34,37);1-2H3. The molecule has 1 amide bonds. The second-order valence-corrected chi connectivity index (χ2v) is 11.1. The van der Waals surface area contributed by atoms with Crippen LogP contribution in [0.3, 0.4) is 0 Å². The number of benzene rings is 2. The van der Waals surface area contributed by atoms with Crippen LogP contribution in [0.25, 0.3) is 21.9 Å². The first-order chi connectivity index (χ1) is 18.9. The van der Waals surface area contributed by atoms with Gasteiger partial charge in [0.25, 0.3) is 0 Å². The third-order valence-corrected chi connectivity index (χ3v) is 8.02. The molecule has 2 aromatic heterocycles. The molecule has 40 heavy (non-hydrogen) atoms. The third kappa shape index (κ3) is 5.71. The summed E-state index contributed by atoms with van der Waals surface area (Å²) in [5.41, 5.74) is 9.40. The number of nitrogens with one attached hydrogen (secondary N) is 1. The molecule has 0 saturated heterocycles. The minimum atomic E-state index is -0.509. The first kappa shape index (κ1) is 30.7. The quantitative estimate of drug-likeness (QED) is 0.175. The maximum atomic E-state index is 12.2. The van der Waals surface area contributed by atoms with E-state index >= 15 is 0 Å². The highest BCUT2D eigenvalue weighted by molar-refractivity contribution is 6.06. The van der Waals surface area contributed by atoms with Crippen molar-refractivity contribution in [2.75, 3.05) is 5.73 Å². The highest BCUT2D eigenvalue weighted by atomic mass is 16.3. The van der Waals surface area contributed by atoms with Crippen molar-refractivity contribution in [2.45, 2.75) is 98.6 Å². The maximum absolute atomic E-state index is 12.2. The summed E-state index contributed by atoms with van der Waals surface area (Å²) in [4.78, 5) is 21.9. The number of para-hydroxylation sites is 1. The summed E-state index contributed by atoms with van der Waals surface area (Å²) >= 11 is 0. The second-order valence-electron chi connectivity index (χ2n) is 11.1. The molecule has 0 bridgehead atoms. The lowest BCUT2D eigenvalue weighted by Crippen LogP contribution is -2.55. The average Bonchev–Trinajstić information content (AvgIpc) is 3.29. The van der Waals surface area contributed by atoms with Crippen LogP contribution in [-0.4, -0.2) is 36.2 Å². The molecule has 8 heteroatoms. The van der Waals surface area contributed by atoms with Gasteiger partial charge in [-0.1, -0.05) is 72.2 Å². The fourth-order valence-corrected chi connectivity index (χ4v) is 4.87. The molecule has 216 valence electrons. The van der Waals surface area contributed by atoms with Crippen molar-refractivity contribution in [3.05, 3.63) is 53.3 Å². The van der Waals surface area contributed by atoms with E-state index < -0.39 is 11.0 Å². The van der Waals surface area contributed by atoms with Crippen LogP contribution < -0.4 is 11.1 Å². The van der Waals surface area contributed by atoms with Crippen LogP contribution >= 0.6 is 0 Å². The van der Waals surface area contributed by atoms with Gasteiger partial charge in [0.2, 0.25) is 5.91 Å². The van der Waals surface area contributed by atoms with Gasteiger partial charge in [0.15, 0.2) is 17.3 Å². The zero-order valence-electron chi connectivity index (χ0n) is 25.2. The number of nitrogens with two attached hydrogens (primary N) is 1. The average molecular weight is 548 g/mol. The van der Waals surface area contributed by atoms with Gasteiger partial charge in [-0.2, -0.15) is 0 Å². The molecule has 0 radical (unpaired) electrons. The monoisotopic (exact) mass is 547 g/mol. The molecule has 4 aromatic rings. The molecule has 0 atom stereocenters. The maximum Gasteiger partial charge on any atom is 0.220 e. The number of phenolic OH excluding ortho intramolecular Hbond substituents is 2. The van der Waals surface area contributed by atoms with Crippen molar-refractivity contribution in [1.82, 2.24) is 19.9 Å². The van der Waals surface area contributed by atoms with Crippen LogP contribution in [0.4, 0.5) is 5.82 Å². The van der Waals surface area contributed by atoms with Crippen LogP contribution in [0.2, 0.25) is 0 Å². The normalized spacial score (nSPS) is 11.9. The molecular weight excluding hydrogens is 502 g/mol. The SMILES string of the molecule is CC.CCCCc1nc2c(N)nc3cc(C(C)(C)C(C)(C)NC(=O)CC)ccc3c2n1Cc1cccc(O)c1O. The van der Waals surface area contributed by atoms with Crippen LogP contribution in [0.15, 0.2) is 36.4 Å². The largest absolute Gasteiger partial charge is 0.504 e. The number of aryl methyl sites for hydroxylation is 1. The van der Waals surface area contributed by atoms with Gasteiger partial charge in [-0.15, -0.1) is 0 Å². The number of nitrogen functional groups attached to an aromatic ring is 1. The van der Waals surface area contributed by atoms with Crippen molar-refractivity contribution in [3.63, 3.8) is 0 Å². The van der Waals surface area contributed by atoms with Crippen molar-refractivity contribution < 1.29 is 15.0 Å². The Bertz CT molecular complexity index is 1500. The van der Waals surface area contributed by atoms with Gasteiger partial charge in [-0.05, 0) is 38.0 Å². The lowest BCUT2D eigenvalue weighted by Gasteiger charge is -2.43. The summed E-state index contributed by atoms with van der Waals surface area (Å²) < 4.78 is 2.08. The molecule has 0 unspecified atom stereocenters. The van der Waals surface area contributed by atoms with Crippen LogP contribution in [-0.2, 0) is 23.2 Å². The van der Waals surface area contributed by atoms with E-state index in [1.54, 1.807) is 12.1 Å². The van der Waals surface area contributed by atoms with E-state index in [0.29, 0.717) is 29.9 Å². The minimum absolute atomic E-state index is 0.00616. The number of rotatable bonds is 9. The van der Waals surface area contributed by atoms with Crippen molar-refractivity contribution in [3.8, 4) is 11.5 Å². The fourth-order valence-electron chi connectivity index (χ4n) is 4.87. The third-order valence-electron chi connectivity index (χ3n) is 8.02.